The zero-order valence-electron chi connectivity index (χ0n) is 11.0. The fourth-order valence-corrected chi connectivity index (χ4v) is 0.800. The standard InChI is InChI=1S/C8H10N2O.C3H8.C2H6/c1-6(11)10-8-5-3-2-4-7(8)9;1-3-2;1-2/h2-5H,9H2,1H3,(H,10,11);3H2,1-2H3;1-2H3. The van der Waals surface area contributed by atoms with Crippen LogP contribution in [0.5, 0.6) is 0 Å². The number of carbonyl (C=O) groups is 1. The smallest absolute Gasteiger partial charge is 0.221 e. The van der Waals surface area contributed by atoms with E-state index < -0.39 is 0 Å². The van der Waals surface area contributed by atoms with E-state index in [-0.39, 0.29) is 5.91 Å². The topological polar surface area (TPSA) is 55.1 Å². The van der Waals surface area contributed by atoms with Crippen LogP contribution in [0.3, 0.4) is 0 Å². The molecule has 0 unspecified atom stereocenters. The van der Waals surface area contributed by atoms with E-state index in [0.29, 0.717) is 11.4 Å². The molecule has 3 N–H and O–H groups in total. The van der Waals surface area contributed by atoms with Crippen molar-refractivity contribution in [2.24, 2.45) is 0 Å². The molecule has 0 aromatic heterocycles. The molecular formula is C13H24N2O. The van der Waals surface area contributed by atoms with Crippen LogP contribution >= 0.6 is 0 Å². The van der Waals surface area contributed by atoms with Crippen LogP contribution in [-0.4, -0.2) is 5.91 Å². The summed E-state index contributed by atoms with van der Waals surface area (Å²) in [5.74, 6) is -0.108. The Morgan fingerprint density at radius 2 is 1.69 bits per heavy atom. The highest BCUT2D eigenvalue weighted by atomic mass is 16.1. The van der Waals surface area contributed by atoms with Gasteiger partial charge in [0, 0.05) is 6.92 Å². The van der Waals surface area contributed by atoms with Gasteiger partial charge in [-0.2, -0.15) is 0 Å². The molecule has 92 valence electrons. The van der Waals surface area contributed by atoms with Crippen molar-refractivity contribution in [1.29, 1.82) is 0 Å². The van der Waals surface area contributed by atoms with Gasteiger partial charge in [-0.1, -0.05) is 46.2 Å². The van der Waals surface area contributed by atoms with Crippen molar-refractivity contribution < 1.29 is 4.79 Å². The molecule has 3 heteroatoms. The Labute approximate surface area is 99.0 Å². The van der Waals surface area contributed by atoms with Crippen molar-refractivity contribution in [3.05, 3.63) is 24.3 Å². The molecule has 0 aliphatic carbocycles. The van der Waals surface area contributed by atoms with Crippen LogP contribution in [0.4, 0.5) is 11.4 Å². The van der Waals surface area contributed by atoms with Crippen LogP contribution in [0.15, 0.2) is 24.3 Å². The fourth-order valence-electron chi connectivity index (χ4n) is 0.800. The number of anilines is 2. The third kappa shape index (κ3) is 9.06. The minimum atomic E-state index is -0.108. The van der Waals surface area contributed by atoms with E-state index in [2.05, 4.69) is 19.2 Å². The number of nitrogen functional groups attached to an aromatic ring is 1. The number of rotatable bonds is 1. The molecule has 1 aromatic rings. The van der Waals surface area contributed by atoms with Crippen molar-refractivity contribution in [1.82, 2.24) is 0 Å². The summed E-state index contributed by atoms with van der Waals surface area (Å²) < 4.78 is 0. The van der Waals surface area contributed by atoms with Gasteiger partial charge in [0.05, 0.1) is 11.4 Å². The summed E-state index contributed by atoms with van der Waals surface area (Å²) in [6.45, 7) is 9.70. The second-order valence-electron chi connectivity index (χ2n) is 2.98. The number of nitrogens with one attached hydrogen (secondary N) is 1. The van der Waals surface area contributed by atoms with Crippen LogP contribution in [0.25, 0.3) is 0 Å². The SMILES string of the molecule is CC.CC(=O)Nc1ccccc1N.CCC. The quantitative estimate of drug-likeness (QED) is 0.715. The first-order chi connectivity index (χ1) is 7.61. The van der Waals surface area contributed by atoms with Gasteiger partial charge in [0.2, 0.25) is 5.91 Å². The van der Waals surface area contributed by atoms with Crippen molar-refractivity contribution in [2.45, 2.75) is 41.0 Å². The largest absolute Gasteiger partial charge is 0.397 e. The van der Waals surface area contributed by atoms with E-state index >= 15 is 0 Å². The van der Waals surface area contributed by atoms with Gasteiger partial charge in [-0.05, 0) is 12.1 Å². The molecule has 0 radical (unpaired) electrons. The van der Waals surface area contributed by atoms with Gasteiger partial charge < -0.3 is 11.1 Å². The number of benzene rings is 1. The Balaban J connectivity index is 0. The fraction of sp³-hybridized carbons (Fsp3) is 0.462. The van der Waals surface area contributed by atoms with Crippen LogP contribution < -0.4 is 11.1 Å². The Morgan fingerprint density at radius 3 is 2.06 bits per heavy atom. The number of hydrogen-bond donors (Lipinski definition) is 2. The predicted octanol–water partition coefficient (Wildman–Crippen LogP) is 3.67. The minimum absolute atomic E-state index is 0.108. The lowest BCUT2D eigenvalue weighted by Crippen LogP contribution is -2.07. The lowest BCUT2D eigenvalue weighted by molar-refractivity contribution is -0.114. The number of para-hydroxylation sites is 2. The van der Waals surface area contributed by atoms with Gasteiger partial charge in [-0.3, -0.25) is 4.79 Å². The van der Waals surface area contributed by atoms with E-state index in [4.69, 9.17) is 5.73 Å². The highest BCUT2D eigenvalue weighted by molar-refractivity contribution is 5.91. The van der Waals surface area contributed by atoms with Gasteiger partial charge in [0.25, 0.3) is 0 Å². The minimum Gasteiger partial charge on any atom is -0.397 e. The Hall–Kier alpha value is -1.51. The van der Waals surface area contributed by atoms with Crippen molar-refractivity contribution in [3.63, 3.8) is 0 Å². The molecule has 0 saturated heterocycles. The summed E-state index contributed by atoms with van der Waals surface area (Å²) in [7, 11) is 0. The third-order valence-electron chi connectivity index (χ3n) is 1.27. The monoisotopic (exact) mass is 224 g/mol. The average molecular weight is 224 g/mol. The molecule has 0 aliphatic heterocycles. The maximum atomic E-state index is 10.6. The predicted molar refractivity (Wildman–Crippen MR) is 72.5 cm³/mol. The van der Waals surface area contributed by atoms with Gasteiger partial charge in [-0.15, -0.1) is 0 Å². The van der Waals surface area contributed by atoms with Gasteiger partial charge in [0.15, 0.2) is 0 Å². The molecule has 3 nitrogen and oxygen atoms in total. The summed E-state index contributed by atoms with van der Waals surface area (Å²) in [5, 5.41) is 2.61. The normalized spacial score (nSPS) is 7.81. The molecule has 0 spiro atoms. The van der Waals surface area contributed by atoms with E-state index in [9.17, 15) is 4.79 Å². The molecule has 16 heavy (non-hydrogen) atoms. The number of carbonyl (C=O) groups excluding carboxylic acids is 1. The van der Waals surface area contributed by atoms with E-state index in [0.717, 1.165) is 0 Å². The highest BCUT2D eigenvalue weighted by Crippen LogP contribution is 2.15. The summed E-state index contributed by atoms with van der Waals surface area (Å²) in [4.78, 5) is 10.6. The molecule has 0 saturated carbocycles. The average Bonchev–Trinajstić information content (AvgIpc) is 2.25. The maximum Gasteiger partial charge on any atom is 0.221 e. The summed E-state index contributed by atoms with van der Waals surface area (Å²) in [6.07, 6.45) is 1.25. The van der Waals surface area contributed by atoms with Crippen molar-refractivity contribution in [3.8, 4) is 0 Å². The van der Waals surface area contributed by atoms with Crippen LogP contribution in [0.2, 0.25) is 0 Å². The van der Waals surface area contributed by atoms with E-state index in [1.54, 1.807) is 12.1 Å². The Bertz CT molecular complexity index is 285. The molecular weight excluding hydrogens is 200 g/mol. The molecule has 0 heterocycles. The molecule has 0 aliphatic rings. The summed E-state index contributed by atoms with van der Waals surface area (Å²) >= 11 is 0. The second kappa shape index (κ2) is 11.6. The van der Waals surface area contributed by atoms with Gasteiger partial charge in [-0.25, -0.2) is 0 Å². The van der Waals surface area contributed by atoms with Crippen molar-refractivity contribution >= 4 is 17.3 Å². The molecule has 0 fully saturated rings. The lowest BCUT2D eigenvalue weighted by atomic mass is 10.3. The second-order valence-corrected chi connectivity index (χ2v) is 2.98. The van der Waals surface area contributed by atoms with Gasteiger partial charge >= 0.3 is 0 Å². The molecule has 1 aromatic carbocycles. The molecule has 0 bridgehead atoms. The van der Waals surface area contributed by atoms with Crippen LogP contribution in [-0.2, 0) is 4.79 Å². The van der Waals surface area contributed by atoms with E-state index in [1.807, 2.05) is 26.0 Å². The lowest BCUT2D eigenvalue weighted by Gasteiger charge is -2.03. The third-order valence-corrected chi connectivity index (χ3v) is 1.27. The summed E-state index contributed by atoms with van der Waals surface area (Å²) in [6, 6.07) is 7.14. The molecule has 1 rings (SSSR count). The zero-order chi connectivity index (χ0) is 13.0. The Kier molecular flexibility index (Phi) is 12.2. The first-order valence-electron chi connectivity index (χ1n) is 5.73. The van der Waals surface area contributed by atoms with Crippen molar-refractivity contribution in [2.75, 3.05) is 11.1 Å². The molecule has 0 atom stereocenters. The Morgan fingerprint density at radius 1 is 1.25 bits per heavy atom. The highest BCUT2D eigenvalue weighted by Gasteiger charge is 1.97. The first-order valence-corrected chi connectivity index (χ1v) is 5.73. The maximum absolute atomic E-state index is 10.6. The first kappa shape index (κ1) is 16.9. The van der Waals surface area contributed by atoms with Crippen LogP contribution in [0, 0.1) is 0 Å². The zero-order valence-corrected chi connectivity index (χ0v) is 11.0. The summed E-state index contributed by atoms with van der Waals surface area (Å²) in [5.41, 5.74) is 6.81. The number of nitrogens with two attached hydrogens (primary N) is 1. The van der Waals surface area contributed by atoms with E-state index in [1.165, 1.54) is 13.3 Å². The van der Waals surface area contributed by atoms with Crippen LogP contribution in [0.1, 0.15) is 41.0 Å². The molecule has 1 amide bonds. The number of amides is 1. The number of hydrogen-bond acceptors (Lipinski definition) is 2. The van der Waals surface area contributed by atoms with Gasteiger partial charge in [0.1, 0.15) is 0 Å².